The molecule has 1 N–H and O–H groups in total. The smallest absolute Gasteiger partial charge is 0.334 e. The van der Waals surface area contributed by atoms with Gasteiger partial charge in [-0.05, 0) is 17.7 Å². The second kappa shape index (κ2) is 6.49. The third-order valence-corrected chi connectivity index (χ3v) is 3.11. The van der Waals surface area contributed by atoms with Gasteiger partial charge in [-0.3, -0.25) is 4.79 Å². The van der Waals surface area contributed by atoms with Crippen LogP contribution in [-0.4, -0.2) is 54.8 Å². The molecule has 1 fully saturated rings. The summed E-state index contributed by atoms with van der Waals surface area (Å²) in [5.41, 5.74) is 1.44. The van der Waals surface area contributed by atoms with Gasteiger partial charge in [-0.15, -0.1) is 0 Å². The molecule has 0 radical (unpaired) electrons. The summed E-state index contributed by atoms with van der Waals surface area (Å²) in [5, 5.41) is 8.94. The Labute approximate surface area is 116 Å². The zero-order valence-corrected chi connectivity index (χ0v) is 11.2. The van der Waals surface area contributed by atoms with E-state index in [1.807, 2.05) is 6.07 Å². The number of methoxy groups -OCH3 is 1. The van der Waals surface area contributed by atoms with Crippen molar-refractivity contribution >= 4 is 11.9 Å². The second-order valence-electron chi connectivity index (χ2n) is 4.58. The van der Waals surface area contributed by atoms with Crippen molar-refractivity contribution in [3.8, 4) is 0 Å². The predicted octanol–water partition coefficient (Wildman–Crippen LogP) is 0.759. The first-order valence-electron chi connectivity index (χ1n) is 6.33. The molecule has 1 heterocycles. The van der Waals surface area contributed by atoms with E-state index in [1.165, 1.54) is 4.90 Å². The van der Waals surface area contributed by atoms with Crippen LogP contribution in [0.1, 0.15) is 15.9 Å². The van der Waals surface area contributed by atoms with Gasteiger partial charge in [-0.2, -0.15) is 0 Å². The number of carboxylic acid groups (broad SMARTS) is 1. The summed E-state index contributed by atoms with van der Waals surface area (Å²) < 4.78 is 10.1. The number of aliphatic carboxylic acids is 1. The Morgan fingerprint density at radius 3 is 3.00 bits per heavy atom. The topological polar surface area (TPSA) is 76.1 Å². The highest BCUT2D eigenvalue weighted by Crippen LogP contribution is 2.13. The molecule has 1 unspecified atom stereocenters. The van der Waals surface area contributed by atoms with E-state index >= 15 is 0 Å². The van der Waals surface area contributed by atoms with Crippen molar-refractivity contribution in [3.63, 3.8) is 0 Å². The van der Waals surface area contributed by atoms with Crippen LogP contribution in [0.25, 0.3) is 0 Å². The first-order valence-corrected chi connectivity index (χ1v) is 6.33. The van der Waals surface area contributed by atoms with Crippen LogP contribution in [-0.2, 0) is 20.9 Å². The molecule has 0 aliphatic carbocycles. The Kier molecular flexibility index (Phi) is 4.70. The molecule has 0 saturated carbocycles. The predicted molar refractivity (Wildman–Crippen MR) is 70.4 cm³/mol. The van der Waals surface area contributed by atoms with Crippen molar-refractivity contribution in [2.45, 2.75) is 12.7 Å². The van der Waals surface area contributed by atoms with Crippen molar-refractivity contribution < 1.29 is 24.2 Å². The van der Waals surface area contributed by atoms with Crippen LogP contribution in [0.15, 0.2) is 24.3 Å². The molecule has 6 heteroatoms. The number of rotatable bonds is 4. The molecule has 0 spiro atoms. The zero-order chi connectivity index (χ0) is 14.5. The normalized spacial score (nSPS) is 18.9. The SMILES string of the molecule is COCc1cccc(C(=O)N2CCOC(C(=O)O)C2)c1. The average Bonchev–Trinajstić information content (AvgIpc) is 2.47. The van der Waals surface area contributed by atoms with Gasteiger partial charge in [0, 0.05) is 19.2 Å². The van der Waals surface area contributed by atoms with E-state index in [-0.39, 0.29) is 19.1 Å². The summed E-state index contributed by atoms with van der Waals surface area (Å²) in [6.07, 6.45) is -0.949. The number of carbonyl (C=O) groups excluding carboxylic acids is 1. The molecule has 1 amide bonds. The molecule has 1 atom stereocenters. The Bertz CT molecular complexity index is 502. The summed E-state index contributed by atoms with van der Waals surface area (Å²) in [6.45, 7) is 1.14. The molecular weight excluding hydrogens is 262 g/mol. The molecule has 108 valence electrons. The quantitative estimate of drug-likeness (QED) is 0.880. The molecule has 0 bridgehead atoms. The average molecular weight is 279 g/mol. The first-order chi connectivity index (χ1) is 9.61. The molecule has 1 aromatic rings. The molecule has 1 aliphatic heterocycles. The van der Waals surface area contributed by atoms with Gasteiger partial charge in [0.2, 0.25) is 0 Å². The maximum atomic E-state index is 12.4. The lowest BCUT2D eigenvalue weighted by Gasteiger charge is -2.31. The summed E-state index contributed by atoms with van der Waals surface area (Å²) in [5.74, 6) is -1.23. The van der Waals surface area contributed by atoms with Gasteiger partial charge in [0.05, 0.1) is 19.8 Å². The molecule has 0 aromatic heterocycles. The highest BCUT2D eigenvalue weighted by atomic mass is 16.5. The van der Waals surface area contributed by atoms with Gasteiger partial charge in [0.15, 0.2) is 6.10 Å². The van der Waals surface area contributed by atoms with E-state index in [2.05, 4.69) is 0 Å². The van der Waals surface area contributed by atoms with Crippen LogP contribution in [0, 0.1) is 0 Å². The van der Waals surface area contributed by atoms with Gasteiger partial charge >= 0.3 is 5.97 Å². The molecule has 1 saturated heterocycles. The van der Waals surface area contributed by atoms with E-state index in [0.717, 1.165) is 5.56 Å². The van der Waals surface area contributed by atoms with E-state index < -0.39 is 12.1 Å². The lowest BCUT2D eigenvalue weighted by atomic mass is 10.1. The van der Waals surface area contributed by atoms with Crippen molar-refractivity contribution in [1.29, 1.82) is 0 Å². The number of nitrogens with zero attached hydrogens (tertiary/aromatic N) is 1. The monoisotopic (exact) mass is 279 g/mol. The lowest BCUT2D eigenvalue weighted by molar-refractivity contribution is -0.154. The number of benzene rings is 1. The fraction of sp³-hybridized carbons (Fsp3) is 0.429. The Hall–Kier alpha value is -1.92. The second-order valence-corrected chi connectivity index (χ2v) is 4.58. The Balaban J connectivity index is 2.10. The standard InChI is InChI=1S/C14H17NO5/c1-19-9-10-3-2-4-11(7-10)13(16)15-5-6-20-12(8-15)14(17)18/h2-4,7,12H,5-6,8-9H2,1H3,(H,17,18). The van der Waals surface area contributed by atoms with E-state index in [9.17, 15) is 9.59 Å². The molecular formula is C14H17NO5. The number of hydrogen-bond acceptors (Lipinski definition) is 4. The molecule has 6 nitrogen and oxygen atoms in total. The molecule has 1 aromatic carbocycles. The fourth-order valence-electron chi connectivity index (χ4n) is 2.13. The largest absolute Gasteiger partial charge is 0.479 e. The Morgan fingerprint density at radius 1 is 1.50 bits per heavy atom. The van der Waals surface area contributed by atoms with Gasteiger partial charge < -0.3 is 19.5 Å². The number of morpholine rings is 1. The minimum atomic E-state index is -1.05. The van der Waals surface area contributed by atoms with Gasteiger partial charge in [-0.25, -0.2) is 4.79 Å². The van der Waals surface area contributed by atoms with Crippen LogP contribution in [0.5, 0.6) is 0 Å². The zero-order valence-electron chi connectivity index (χ0n) is 11.2. The maximum absolute atomic E-state index is 12.4. The first kappa shape index (κ1) is 14.5. The molecule has 20 heavy (non-hydrogen) atoms. The van der Waals surface area contributed by atoms with E-state index in [4.69, 9.17) is 14.6 Å². The van der Waals surface area contributed by atoms with Gasteiger partial charge in [0.1, 0.15) is 0 Å². The third kappa shape index (κ3) is 3.34. The van der Waals surface area contributed by atoms with Crippen LogP contribution < -0.4 is 0 Å². The van der Waals surface area contributed by atoms with Gasteiger partial charge in [0.25, 0.3) is 5.91 Å². The molecule has 1 aliphatic rings. The van der Waals surface area contributed by atoms with Gasteiger partial charge in [-0.1, -0.05) is 12.1 Å². The Morgan fingerprint density at radius 2 is 2.30 bits per heavy atom. The number of carbonyl (C=O) groups is 2. The lowest BCUT2D eigenvalue weighted by Crippen LogP contribution is -2.48. The number of hydrogen-bond donors (Lipinski definition) is 1. The maximum Gasteiger partial charge on any atom is 0.334 e. The van der Waals surface area contributed by atoms with Crippen molar-refractivity contribution in [2.75, 3.05) is 26.8 Å². The summed E-state index contributed by atoms with van der Waals surface area (Å²) in [6, 6.07) is 7.14. The third-order valence-electron chi connectivity index (χ3n) is 3.11. The van der Waals surface area contributed by atoms with Crippen LogP contribution in [0.4, 0.5) is 0 Å². The number of amides is 1. The summed E-state index contributed by atoms with van der Waals surface area (Å²) in [7, 11) is 1.59. The van der Waals surface area contributed by atoms with Crippen LogP contribution >= 0.6 is 0 Å². The van der Waals surface area contributed by atoms with E-state index in [0.29, 0.717) is 18.7 Å². The minimum absolute atomic E-state index is 0.0721. The van der Waals surface area contributed by atoms with E-state index in [1.54, 1.807) is 25.3 Å². The number of carboxylic acids is 1. The van der Waals surface area contributed by atoms with Crippen LogP contribution in [0.3, 0.4) is 0 Å². The highest BCUT2D eigenvalue weighted by molar-refractivity contribution is 5.94. The fourth-order valence-corrected chi connectivity index (χ4v) is 2.13. The van der Waals surface area contributed by atoms with Crippen molar-refractivity contribution in [1.82, 2.24) is 4.90 Å². The van der Waals surface area contributed by atoms with Crippen molar-refractivity contribution in [2.24, 2.45) is 0 Å². The molecule has 2 rings (SSSR count). The minimum Gasteiger partial charge on any atom is -0.479 e. The highest BCUT2D eigenvalue weighted by Gasteiger charge is 2.29. The summed E-state index contributed by atoms with van der Waals surface area (Å²) in [4.78, 5) is 24.8. The van der Waals surface area contributed by atoms with Crippen LogP contribution in [0.2, 0.25) is 0 Å². The summed E-state index contributed by atoms with van der Waals surface area (Å²) >= 11 is 0. The number of ether oxygens (including phenoxy) is 2. The van der Waals surface area contributed by atoms with Crippen molar-refractivity contribution in [3.05, 3.63) is 35.4 Å².